The van der Waals surface area contributed by atoms with Gasteiger partial charge in [0.25, 0.3) is 0 Å². The molecule has 0 aliphatic carbocycles. The summed E-state index contributed by atoms with van der Waals surface area (Å²) in [5, 5.41) is 1.19. The Balaban J connectivity index is 1.84. The zero-order valence-corrected chi connectivity index (χ0v) is 13.0. The highest BCUT2D eigenvalue weighted by atomic mass is 16.3. The van der Waals surface area contributed by atoms with Crippen molar-refractivity contribution in [3.8, 4) is 0 Å². The molecule has 0 saturated carbocycles. The molecule has 2 N–H and O–H groups in total. The van der Waals surface area contributed by atoms with Crippen LogP contribution >= 0.6 is 0 Å². The number of hydrogen-bond donors (Lipinski definition) is 1. The molecule has 1 aliphatic heterocycles. The lowest BCUT2D eigenvalue weighted by molar-refractivity contribution is 0.110. The lowest BCUT2D eigenvalue weighted by Crippen LogP contribution is -2.45. The highest BCUT2D eigenvalue weighted by molar-refractivity contribution is 5.81. The molecule has 21 heavy (non-hydrogen) atoms. The van der Waals surface area contributed by atoms with Crippen LogP contribution in [0.1, 0.15) is 24.4 Å². The van der Waals surface area contributed by atoms with E-state index in [-0.39, 0.29) is 6.04 Å². The molecule has 0 bridgehead atoms. The lowest BCUT2D eigenvalue weighted by Gasteiger charge is -2.39. The third-order valence-corrected chi connectivity index (χ3v) is 4.85. The third-order valence-electron chi connectivity index (χ3n) is 4.85. The Kier molecular flexibility index (Phi) is 4.29. The molecule has 3 rings (SSSR count). The molecule has 1 saturated heterocycles. The first-order valence-corrected chi connectivity index (χ1v) is 7.77. The van der Waals surface area contributed by atoms with Gasteiger partial charge in [0.1, 0.15) is 5.58 Å². The minimum Gasteiger partial charge on any atom is -0.464 e. The number of hydrogen-bond acceptors (Lipinski definition) is 4. The van der Waals surface area contributed by atoms with Crippen LogP contribution in [-0.4, -0.2) is 49.6 Å². The SMILES string of the molecule is CN1CCC(N(C)C(CN)c2coc3ccccc23)CC1. The molecule has 4 nitrogen and oxygen atoms in total. The fraction of sp³-hybridized carbons (Fsp3) is 0.529. The summed E-state index contributed by atoms with van der Waals surface area (Å²) < 4.78 is 5.70. The highest BCUT2D eigenvalue weighted by Crippen LogP contribution is 2.31. The molecule has 1 fully saturated rings. The number of rotatable bonds is 4. The van der Waals surface area contributed by atoms with E-state index in [1.54, 1.807) is 0 Å². The van der Waals surface area contributed by atoms with Crippen LogP contribution in [0.2, 0.25) is 0 Å². The second-order valence-corrected chi connectivity index (χ2v) is 6.14. The monoisotopic (exact) mass is 287 g/mol. The molecule has 114 valence electrons. The van der Waals surface area contributed by atoms with E-state index in [9.17, 15) is 0 Å². The molecule has 2 heterocycles. The molecule has 0 radical (unpaired) electrons. The van der Waals surface area contributed by atoms with Crippen LogP contribution in [0.25, 0.3) is 11.0 Å². The zero-order valence-electron chi connectivity index (χ0n) is 13.0. The van der Waals surface area contributed by atoms with Crippen molar-refractivity contribution >= 4 is 11.0 Å². The Bertz CT molecular complexity index is 586. The largest absolute Gasteiger partial charge is 0.464 e. The summed E-state index contributed by atoms with van der Waals surface area (Å²) in [5.41, 5.74) is 8.26. The first kappa shape index (κ1) is 14.6. The van der Waals surface area contributed by atoms with Crippen LogP contribution in [0.15, 0.2) is 34.9 Å². The number of likely N-dealkylation sites (tertiary alicyclic amines) is 1. The number of nitrogens with two attached hydrogens (primary N) is 1. The fourth-order valence-corrected chi connectivity index (χ4v) is 3.43. The molecule has 1 atom stereocenters. The zero-order chi connectivity index (χ0) is 14.8. The van der Waals surface area contributed by atoms with Gasteiger partial charge in [0.2, 0.25) is 0 Å². The molecule has 1 aliphatic rings. The Hall–Kier alpha value is -1.36. The number of likely N-dealkylation sites (N-methyl/N-ethyl adjacent to an activating group) is 1. The van der Waals surface area contributed by atoms with Gasteiger partial charge in [0, 0.05) is 23.5 Å². The molecule has 0 amide bonds. The number of piperidine rings is 1. The van der Waals surface area contributed by atoms with Crippen LogP contribution in [0.5, 0.6) is 0 Å². The average Bonchev–Trinajstić information content (AvgIpc) is 2.93. The van der Waals surface area contributed by atoms with Crippen LogP contribution in [-0.2, 0) is 0 Å². The van der Waals surface area contributed by atoms with E-state index in [1.165, 1.54) is 36.9 Å². The molecule has 1 unspecified atom stereocenters. The Labute approximate surface area is 126 Å². The van der Waals surface area contributed by atoms with E-state index >= 15 is 0 Å². The average molecular weight is 287 g/mol. The van der Waals surface area contributed by atoms with Crippen molar-refractivity contribution in [3.63, 3.8) is 0 Å². The number of para-hydroxylation sites is 1. The summed E-state index contributed by atoms with van der Waals surface area (Å²) in [6.07, 6.45) is 4.30. The van der Waals surface area contributed by atoms with E-state index < -0.39 is 0 Å². The molecule has 1 aromatic heterocycles. The maximum Gasteiger partial charge on any atom is 0.134 e. The minimum absolute atomic E-state index is 0.224. The van der Waals surface area contributed by atoms with Crippen molar-refractivity contribution in [1.82, 2.24) is 9.80 Å². The van der Waals surface area contributed by atoms with Gasteiger partial charge in [0.05, 0.1) is 12.3 Å². The van der Waals surface area contributed by atoms with Crippen molar-refractivity contribution in [2.45, 2.75) is 24.9 Å². The van der Waals surface area contributed by atoms with Crippen LogP contribution in [0.3, 0.4) is 0 Å². The quantitative estimate of drug-likeness (QED) is 0.938. The maximum atomic E-state index is 6.10. The predicted molar refractivity (Wildman–Crippen MR) is 86.3 cm³/mol. The Morgan fingerprint density at radius 2 is 2.05 bits per heavy atom. The first-order valence-electron chi connectivity index (χ1n) is 7.77. The number of nitrogens with zero attached hydrogens (tertiary/aromatic N) is 2. The first-order chi connectivity index (χ1) is 10.2. The number of fused-ring (bicyclic) bond motifs is 1. The summed E-state index contributed by atoms with van der Waals surface area (Å²) in [7, 11) is 4.40. The van der Waals surface area contributed by atoms with E-state index in [0.29, 0.717) is 12.6 Å². The van der Waals surface area contributed by atoms with Gasteiger partial charge in [-0.25, -0.2) is 0 Å². The standard InChI is InChI=1S/C17H25N3O/c1-19-9-7-13(8-10-19)20(2)16(11-18)15-12-21-17-6-4-3-5-14(15)17/h3-6,12-13,16H,7-11,18H2,1-2H3. The lowest BCUT2D eigenvalue weighted by atomic mass is 9.98. The van der Waals surface area contributed by atoms with Gasteiger partial charge in [0.15, 0.2) is 0 Å². The molecule has 1 aromatic carbocycles. The van der Waals surface area contributed by atoms with Crippen LogP contribution in [0.4, 0.5) is 0 Å². The third kappa shape index (κ3) is 2.84. The normalized spacial score (nSPS) is 19.4. The second-order valence-electron chi connectivity index (χ2n) is 6.14. The second kappa shape index (κ2) is 6.18. The van der Waals surface area contributed by atoms with Gasteiger partial charge in [-0.15, -0.1) is 0 Å². The van der Waals surface area contributed by atoms with Gasteiger partial charge in [-0.3, -0.25) is 4.90 Å². The molecule has 4 heteroatoms. The van der Waals surface area contributed by atoms with Gasteiger partial charge in [-0.2, -0.15) is 0 Å². The van der Waals surface area contributed by atoms with Crippen molar-refractivity contribution < 1.29 is 4.42 Å². The van der Waals surface area contributed by atoms with E-state index in [2.05, 4.69) is 36.0 Å². The number of benzene rings is 1. The summed E-state index contributed by atoms with van der Waals surface area (Å²) in [6.45, 7) is 2.95. The fourth-order valence-electron chi connectivity index (χ4n) is 3.43. The summed E-state index contributed by atoms with van der Waals surface area (Å²) >= 11 is 0. The predicted octanol–water partition coefficient (Wildman–Crippen LogP) is 2.46. The summed E-state index contributed by atoms with van der Waals surface area (Å²) in [4.78, 5) is 4.85. The highest BCUT2D eigenvalue weighted by Gasteiger charge is 2.28. The Morgan fingerprint density at radius 3 is 2.76 bits per heavy atom. The summed E-state index contributed by atoms with van der Waals surface area (Å²) in [5.74, 6) is 0. The Morgan fingerprint density at radius 1 is 1.33 bits per heavy atom. The van der Waals surface area contributed by atoms with E-state index in [0.717, 1.165) is 5.58 Å². The smallest absolute Gasteiger partial charge is 0.134 e. The number of furan rings is 1. The van der Waals surface area contributed by atoms with Gasteiger partial charge in [-0.05, 0) is 46.1 Å². The van der Waals surface area contributed by atoms with Crippen LogP contribution in [0, 0.1) is 0 Å². The molecular weight excluding hydrogens is 262 g/mol. The minimum atomic E-state index is 0.224. The summed E-state index contributed by atoms with van der Waals surface area (Å²) in [6, 6.07) is 9.03. The maximum absolute atomic E-state index is 6.10. The van der Waals surface area contributed by atoms with Gasteiger partial charge in [-0.1, -0.05) is 18.2 Å². The van der Waals surface area contributed by atoms with Crippen molar-refractivity contribution in [3.05, 3.63) is 36.1 Å². The molecule has 0 spiro atoms. The van der Waals surface area contributed by atoms with Crippen molar-refractivity contribution in [1.29, 1.82) is 0 Å². The van der Waals surface area contributed by atoms with Gasteiger partial charge < -0.3 is 15.1 Å². The molecule has 2 aromatic rings. The van der Waals surface area contributed by atoms with E-state index in [4.69, 9.17) is 10.2 Å². The molecular formula is C17H25N3O. The van der Waals surface area contributed by atoms with Crippen molar-refractivity contribution in [2.75, 3.05) is 33.7 Å². The van der Waals surface area contributed by atoms with E-state index in [1.807, 2.05) is 18.4 Å². The van der Waals surface area contributed by atoms with Crippen LogP contribution < -0.4 is 5.73 Å². The van der Waals surface area contributed by atoms with Gasteiger partial charge >= 0.3 is 0 Å². The topological polar surface area (TPSA) is 45.6 Å². The van der Waals surface area contributed by atoms with Crippen molar-refractivity contribution in [2.24, 2.45) is 5.73 Å².